The van der Waals surface area contributed by atoms with Crippen LogP contribution in [0.25, 0.3) is 0 Å². The van der Waals surface area contributed by atoms with Crippen molar-refractivity contribution in [3.8, 4) is 0 Å². The first kappa shape index (κ1) is 13.0. The first-order chi connectivity index (χ1) is 8.52. The molecule has 2 rings (SSSR count). The zero-order chi connectivity index (χ0) is 13.3. The van der Waals surface area contributed by atoms with Crippen molar-refractivity contribution in [3.63, 3.8) is 0 Å². The smallest absolute Gasteiger partial charge is 0.195 e. The van der Waals surface area contributed by atoms with Crippen molar-refractivity contribution < 1.29 is 0 Å². The molecule has 1 N–H and O–H groups in total. The molecule has 0 radical (unpaired) electrons. The topological polar surface area (TPSA) is 33.6 Å². The van der Waals surface area contributed by atoms with E-state index in [4.69, 9.17) is 12.2 Å². The Hall–Kier alpha value is -1.42. The molecule has 0 amide bonds. The molecule has 1 unspecified atom stereocenters. The lowest BCUT2D eigenvalue weighted by atomic mass is 10.0. The largest absolute Gasteiger partial charge is 0.297 e. The number of hydrogen-bond donors (Lipinski definition) is 1. The second-order valence-corrected chi connectivity index (χ2v) is 5.33. The maximum atomic E-state index is 5.36. The Morgan fingerprint density at radius 1 is 1.22 bits per heavy atom. The summed E-state index contributed by atoms with van der Waals surface area (Å²) < 4.78 is 2.80. The van der Waals surface area contributed by atoms with Gasteiger partial charge in [0.15, 0.2) is 4.77 Å². The maximum absolute atomic E-state index is 5.36. The molecule has 2 aromatic rings. The van der Waals surface area contributed by atoms with E-state index in [-0.39, 0.29) is 6.04 Å². The molecule has 18 heavy (non-hydrogen) atoms. The number of H-pyrrole nitrogens is 1. The zero-order valence-corrected chi connectivity index (χ0v) is 12.1. The predicted molar refractivity (Wildman–Crippen MR) is 76.5 cm³/mol. The van der Waals surface area contributed by atoms with Gasteiger partial charge in [0.05, 0.1) is 6.04 Å². The van der Waals surface area contributed by atoms with Gasteiger partial charge in [-0.2, -0.15) is 5.10 Å². The summed E-state index contributed by atoms with van der Waals surface area (Å²) in [5.74, 6) is 1.36. The first-order valence-electron chi connectivity index (χ1n) is 6.24. The Balaban J connectivity index is 2.53. The van der Waals surface area contributed by atoms with Crippen molar-refractivity contribution in [2.75, 3.05) is 0 Å². The number of nitrogens with one attached hydrogen (secondary N) is 1. The first-order valence-corrected chi connectivity index (χ1v) is 6.65. The predicted octanol–water partition coefficient (Wildman–Crippen LogP) is 3.98. The summed E-state index contributed by atoms with van der Waals surface area (Å²) in [5.41, 5.74) is 2.57. The highest BCUT2D eigenvalue weighted by Crippen LogP contribution is 2.25. The third-order valence-corrected chi connectivity index (χ3v) is 3.56. The Labute approximate surface area is 113 Å². The standard InChI is InChI=1S/C14H19N3S/c1-9(2)13-15-16-14(18)17(13)11(4)12-8-6-5-7-10(12)3/h5-9,11H,1-4H3,(H,16,18). The van der Waals surface area contributed by atoms with Crippen LogP contribution in [0.5, 0.6) is 0 Å². The quantitative estimate of drug-likeness (QED) is 0.848. The Morgan fingerprint density at radius 3 is 2.50 bits per heavy atom. The molecule has 0 aliphatic rings. The summed E-state index contributed by atoms with van der Waals surface area (Å²) in [6, 6.07) is 8.61. The molecule has 0 saturated carbocycles. The van der Waals surface area contributed by atoms with Crippen LogP contribution in [0.2, 0.25) is 0 Å². The van der Waals surface area contributed by atoms with Crippen LogP contribution >= 0.6 is 12.2 Å². The number of aryl methyl sites for hydroxylation is 1. The summed E-state index contributed by atoms with van der Waals surface area (Å²) in [5, 5.41) is 7.24. The van der Waals surface area contributed by atoms with E-state index < -0.39 is 0 Å². The zero-order valence-electron chi connectivity index (χ0n) is 11.3. The van der Waals surface area contributed by atoms with Crippen molar-refractivity contribution in [2.45, 2.75) is 39.7 Å². The van der Waals surface area contributed by atoms with E-state index in [0.717, 1.165) is 5.82 Å². The minimum atomic E-state index is 0.204. The lowest BCUT2D eigenvalue weighted by Gasteiger charge is -2.19. The monoisotopic (exact) mass is 261 g/mol. The van der Waals surface area contributed by atoms with Gasteiger partial charge in [0, 0.05) is 5.92 Å². The average molecular weight is 261 g/mol. The Kier molecular flexibility index (Phi) is 3.66. The molecule has 0 saturated heterocycles. The SMILES string of the molecule is Cc1ccccc1C(C)n1c(C(C)C)n[nH]c1=S. The van der Waals surface area contributed by atoms with E-state index in [1.54, 1.807) is 0 Å². The van der Waals surface area contributed by atoms with Gasteiger partial charge in [0.1, 0.15) is 5.82 Å². The van der Waals surface area contributed by atoms with Gasteiger partial charge in [0.25, 0.3) is 0 Å². The van der Waals surface area contributed by atoms with E-state index in [0.29, 0.717) is 10.7 Å². The van der Waals surface area contributed by atoms with Gasteiger partial charge in [-0.15, -0.1) is 0 Å². The summed E-state index contributed by atoms with van der Waals surface area (Å²) in [4.78, 5) is 0. The third kappa shape index (κ3) is 2.25. The highest BCUT2D eigenvalue weighted by atomic mass is 32.1. The van der Waals surface area contributed by atoms with E-state index in [9.17, 15) is 0 Å². The van der Waals surface area contributed by atoms with Crippen LogP contribution in [-0.2, 0) is 0 Å². The molecule has 3 nitrogen and oxygen atoms in total. The number of hydrogen-bond acceptors (Lipinski definition) is 2. The molecular weight excluding hydrogens is 242 g/mol. The number of aromatic amines is 1. The summed E-state index contributed by atoms with van der Waals surface area (Å²) >= 11 is 5.36. The fourth-order valence-electron chi connectivity index (χ4n) is 2.29. The highest BCUT2D eigenvalue weighted by molar-refractivity contribution is 7.71. The second-order valence-electron chi connectivity index (χ2n) is 4.94. The van der Waals surface area contributed by atoms with Crippen molar-refractivity contribution in [2.24, 2.45) is 0 Å². The molecule has 96 valence electrons. The number of aromatic nitrogens is 3. The molecule has 1 aromatic heterocycles. The van der Waals surface area contributed by atoms with Gasteiger partial charge in [-0.3, -0.25) is 9.67 Å². The van der Waals surface area contributed by atoms with Crippen molar-refractivity contribution in [1.82, 2.24) is 14.8 Å². The van der Waals surface area contributed by atoms with Crippen LogP contribution in [0.15, 0.2) is 24.3 Å². The minimum Gasteiger partial charge on any atom is -0.297 e. The van der Waals surface area contributed by atoms with Crippen LogP contribution in [0.3, 0.4) is 0 Å². The molecule has 0 aliphatic carbocycles. The van der Waals surface area contributed by atoms with E-state index >= 15 is 0 Å². The summed E-state index contributed by atoms with van der Waals surface area (Å²) in [6.45, 7) is 8.56. The van der Waals surface area contributed by atoms with Crippen molar-refractivity contribution in [1.29, 1.82) is 0 Å². The lowest BCUT2D eigenvalue weighted by molar-refractivity contribution is 0.571. The molecule has 0 bridgehead atoms. The summed E-state index contributed by atoms with van der Waals surface area (Å²) in [7, 11) is 0. The fourth-order valence-corrected chi connectivity index (χ4v) is 2.59. The number of rotatable bonds is 3. The van der Waals surface area contributed by atoms with Crippen LogP contribution in [0, 0.1) is 11.7 Å². The number of benzene rings is 1. The van der Waals surface area contributed by atoms with Gasteiger partial charge >= 0.3 is 0 Å². The van der Waals surface area contributed by atoms with Crippen LogP contribution in [0.4, 0.5) is 0 Å². The van der Waals surface area contributed by atoms with Gasteiger partial charge in [-0.25, -0.2) is 0 Å². The third-order valence-electron chi connectivity index (χ3n) is 3.27. The van der Waals surface area contributed by atoms with Crippen LogP contribution < -0.4 is 0 Å². The molecule has 1 atom stereocenters. The maximum Gasteiger partial charge on any atom is 0.195 e. The number of nitrogens with zero attached hydrogens (tertiary/aromatic N) is 2. The van der Waals surface area contributed by atoms with Gasteiger partial charge in [-0.1, -0.05) is 38.1 Å². The molecule has 0 fully saturated rings. The molecular formula is C14H19N3S. The fraction of sp³-hybridized carbons (Fsp3) is 0.429. The molecule has 0 spiro atoms. The Bertz CT molecular complexity index is 595. The van der Waals surface area contributed by atoms with Gasteiger partial charge in [-0.05, 0) is 37.2 Å². The lowest BCUT2D eigenvalue weighted by Crippen LogP contribution is -2.13. The van der Waals surface area contributed by atoms with Crippen LogP contribution in [0.1, 0.15) is 49.7 Å². The van der Waals surface area contributed by atoms with Crippen LogP contribution in [-0.4, -0.2) is 14.8 Å². The second kappa shape index (κ2) is 5.06. The Morgan fingerprint density at radius 2 is 1.89 bits per heavy atom. The van der Waals surface area contributed by atoms with Crippen molar-refractivity contribution >= 4 is 12.2 Å². The normalized spacial score (nSPS) is 12.9. The molecule has 4 heteroatoms. The highest BCUT2D eigenvalue weighted by Gasteiger charge is 2.17. The minimum absolute atomic E-state index is 0.204. The van der Waals surface area contributed by atoms with E-state index in [1.807, 2.05) is 0 Å². The average Bonchev–Trinajstić information content (AvgIpc) is 2.71. The summed E-state index contributed by atoms with van der Waals surface area (Å²) in [6.07, 6.45) is 0. The molecule has 1 aromatic carbocycles. The molecule has 0 aliphatic heterocycles. The van der Waals surface area contributed by atoms with E-state index in [2.05, 4.69) is 66.7 Å². The van der Waals surface area contributed by atoms with E-state index in [1.165, 1.54) is 11.1 Å². The van der Waals surface area contributed by atoms with Gasteiger partial charge < -0.3 is 0 Å². The molecule has 1 heterocycles. The van der Waals surface area contributed by atoms with Crippen molar-refractivity contribution in [3.05, 3.63) is 46.0 Å². The van der Waals surface area contributed by atoms with Gasteiger partial charge in [0.2, 0.25) is 0 Å².